The molecule has 1 amide bonds. The van der Waals surface area contributed by atoms with Gasteiger partial charge in [-0.3, -0.25) is 10.2 Å². The lowest BCUT2D eigenvalue weighted by Crippen LogP contribution is -2.29. The van der Waals surface area contributed by atoms with E-state index >= 15 is 0 Å². The van der Waals surface area contributed by atoms with Gasteiger partial charge < -0.3 is 4.79 Å². The second kappa shape index (κ2) is 19.6. The molecule has 0 bridgehead atoms. The van der Waals surface area contributed by atoms with Gasteiger partial charge in [0, 0.05) is 12.8 Å². The number of carbonyl (C=O) groups is 2. The molecule has 0 aromatic carbocycles. The molecule has 0 aromatic heterocycles. The summed E-state index contributed by atoms with van der Waals surface area (Å²) in [6.07, 6.45) is 25.0. The first-order valence-corrected chi connectivity index (χ1v) is 9.54. The lowest BCUT2D eigenvalue weighted by Gasteiger charge is -1.99. The lowest BCUT2D eigenvalue weighted by atomic mass is 10.1. The number of hydrazine groups is 1. The van der Waals surface area contributed by atoms with Crippen LogP contribution < -0.4 is 11.3 Å². The first-order valence-electron chi connectivity index (χ1n) is 9.54. The molecule has 0 aliphatic carbocycles. The van der Waals surface area contributed by atoms with Gasteiger partial charge in [-0.2, -0.15) is 0 Å². The Labute approximate surface area is 147 Å². The third kappa shape index (κ3) is 18.6. The summed E-state index contributed by atoms with van der Waals surface area (Å²) in [6.45, 7) is 0. The maximum Gasteiger partial charge on any atom is 0.233 e. The average molecular weight is 337 g/mol. The Morgan fingerprint density at radius 3 is 1.62 bits per heavy atom. The molecule has 0 aliphatic heterocycles. The van der Waals surface area contributed by atoms with Crippen LogP contribution >= 0.6 is 0 Å². The van der Waals surface area contributed by atoms with Gasteiger partial charge in [-0.25, -0.2) is 5.84 Å². The second-order valence-corrected chi connectivity index (χ2v) is 6.20. The van der Waals surface area contributed by atoms with Crippen LogP contribution in [-0.4, -0.2) is 12.2 Å². The van der Waals surface area contributed by atoms with Crippen molar-refractivity contribution in [2.75, 3.05) is 0 Å². The normalized spacial score (nSPS) is 11.4. The number of unbranched alkanes of at least 4 members (excludes halogenated alkanes) is 10. The van der Waals surface area contributed by atoms with Gasteiger partial charge in [-0.15, -0.1) is 0 Å². The quantitative estimate of drug-likeness (QED) is 0.101. The summed E-state index contributed by atoms with van der Waals surface area (Å²) >= 11 is 0. The Balaban J connectivity index is 3.21. The van der Waals surface area contributed by atoms with E-state index in [1.807, 2.05) is 0 Å². The van der Waals surface area contributed by atoms with E-state index in [-0.39, 0.29) is 5.91 Å². The highest BCUT2D eigenvalue weighted by Crippen LogP contribution is 2.07. The summed E-state index contributed by atoms with van der Waals surface area (Å²) in [6, 6.07) is 0. The van der Waals surface area contributed by atoms with Gasteiger partial charge in [-0.05, 0) is 51.4 Å². The maximum atomic E-state index is 10.9. The van der Waals surface area contributed by atoms with Gasteiger partial charge in [0.2, 0.25) is 5.91 Å². The highest BCUT2D eigenvalue weighted by Gasteiger charge is 1.96. The Kier molecular flexibility index (Phi) is 18.5. The number of carbonyl (C=O) groups excluding carboxylic acids is 2. The molecule has 0 aromatic rings. The molecule has 0 unspecified atom stereocenters. The molecular formula is C20H36N2O2. The van der Waals surface area contributed by atoms with Gasteiger partial charge in [0.1, 0.15) is 6.29 Å². The minimum absolute atomic E-state index is 0.0687. The molecule has 0 rings (SSSR count). The van der Waals surface area contributed by atoms with Crippen molar-refractivity contribution in [1.82, 2.24) is 5.43 Å². The Hall–Kier alpha value is -1.42. The van der Waals surface area contributed by atoms with E-state index in [4.69, 9.17) is 5.84 Å². The van der Waals surface area contributed by atoms with E-state index in [1.165, 1.54) is 32.1 Å². The first-order chi connectivity index (χ1) is 11.8. The molecule has 0 spiro atoms. The first kappa shape index (κ1) is 22.6. The van der Waals surface area contributed by atoms with Gasteiger partial charge in [0.25, 0.3) is 0 Å². The summed E-state index contributed by atoms with van der Waals surface area (Å²) in [5.74, 6) is 4.96. The molecule has 4 heteroatoms. The van der Waals surface area contributed by atoms with Crippen LogP contribution in [-0.2, 0) is 9.59 Å². The number of rotatable bonds is 17. The van der Waals surface area contributed by atoms with E-state index < -0.39 is 0 Å². The highest BCUT2D eigenvalue weighted by molar-refractivity contribution is 5.75. The molecule has 4 nitrogen and oxygen atoms in total. The number of aldehydes is 1. The number of hydrogen-bond donors (Lipinski definition) is 2. The lowest BCUT2D eigenvalue weighted by molar-refractivity contribution is -0.121. The monoisotopic (exact) mass is 336 g/mol. The van der Waals surface area contributed by atoms with Crippen molar-refractivity contribution < 1.29 is 9.59 Å². The standard InChI is InChI=1S/C20H36N2O2/c21-22-20(24)18-16-14-12-10-8-6-4-2-1-3-5-7-9-11-13-15-17-19-23/h3-6,19H,1-2,7-18,21H2,(H,22,24). The van der Waals surface area contributed by atoms with Gasteiger partial charge >= 0.3 is 0 Å². The Morgan fingerprint density at radius 2 is 1.12 bits per heavy atom. The van der Waals surface area contributed by atoms with Crippen molar-refractivity contribution in [3.63, 3.8) is 0 Å². The number of nitrogens with two attached hydrogens (primary N) is 1. The molecule has 24 heavy (non-hydrogen) atoms. The maximum absolute atomic E-state index is 10.9. The highest BCUT2D eigenvalue weighted by atomic mass is 16.2. The van der Waals surface area contributed by atoms with Crippen molar-refractivity contribution in [1.29, 1.82) is 0 Å². The molecule has 0 saturated heterocycles. The van der Waals surface area contributed by atoms with Crippen LogP contribution in [0.25, 0.3) is 0 Å². The molecule has 0 atom stereocenters. The van der Waals surface area contributed by atoms with Crippen LogP contribution in [0.1, 0.15) is 89.9 Å². The van der Waals surface area contributed by atoms with Crippen molar-refractivity contribution >= 4 is 12.2 Å². The molecular weight excluding hydrogens is 300 g/mol. The van der Waals surface area contributed by atoms with Gasteiger partial charge in [-0.1, -0.05) is 50.0 Å². The SMILES string of the molecule is NNC(=O)CCCCCCC=CCCC=CCCCCCCC=O. The zero-order valence-electron chi connectivity index (χ0n) is 15.2. The van der Waals surface area contributed by atoms with Crippen molar-refractivity contribution in [2.45, 2.75) is 89.9 Å². The fourth-order valence-corrected chi connectivity index (χ4v) is 2.48. The second-order valence-electron chi connectivity index (χ2n) is 6.20. The molecule has 0 saturated carbocycles. The van der Waals surface area contributed by atoms with Gasteiger partial charge in [0.05, 0.1) is 0 Å². The van der Waals surface area contributed by atoms with Crippen LogP contribution in [0, 0.1) is 0 Å². The molecule has 138 valence electrons. The average Bonchev–Trinajstić information content (AvgIpc) is 2.60. The molecule has 0 fully saturated rings. The van der Waals surface area contributed by atoms with E-state index in [0.29, 0.717) is 12.8 Å². The third-order valence-electron chi connectivity index (χ3n) is 3.96. The van der Waals surface area contributed by atoms with Crippen LogP contribution in [0.3, 0.4) is 0 Å². The van der Waals surface area contributed by atoms with E-state index in [2.05, 4.69) is 29.7 Å². The van der Waals surface area contributed by atoms with Crippen LogP contribution in [0.15, 0.2) is 24.3 Å². The summed E-state index contributed by atoms with van der Waals surface area (Å²) < 4.78 is 0. The summed E-state index contributed by atoms with van der Waals surface area (Å²) in [4.78, 5) is 21.1. The van der Waals surface area contributed by atoms with Gasteiger partial charge in [0.15, 0.2) is 0 Å². The van der Waals surface area contributed by atoms with Crippen LogP contribution in [0.2, 0.25) is 0 Å². The van der Waals surface area contributed by atoms with E-state index in [0.717, 1.165) is 51.2 Å². The fourth-order valence-electron chi connectivity index (χ4n) is 2.48. The summed E-state index contributed by atoms with van der Waals surface area (Å²) in [5.41, 5.74) is 2.15. The van der Waals surface area contributed by atoms with E-state index in [1.54, 1.807) is 0 Å². The van der Waals surface area contributed by atoms with Crippen LogP contribution in [0.5, 0.6) is 0 Å². The van der Waals surface area contributed by atoms with Crippen molar-refractivity contribution in [3.05, 3.63) is 24.3 Å². The molecule has 0 heterocycles. The fraction of sp³-hybridized carbons (Fsp3) is 0.700. The third-order valence-corrected chi connectivity index (χ3v) is 3.96. The van der Waals surface area contributed by atoms with E-state index in [9.17, 15) is 9.59 Å². The number of hydrogen-bond acceptors (Lipinski definition) is 3. The van der Waals surface area contributed by atoms with Crippen molar-refractivity contribution in [2.24, 2.45) is 5.84 Å². The molecule has 3 N–H and O–H groups in total. The predicted octanol–water partition coefficient (Wildman–Crippen LogP) is 4.75. The van der Waals surface area contributed by atoms with Crippen LogP contribution in [0.4, 0.5) is 0 Å². The summed E-state index contributed by atoms with van der Waals surface area (Å²) in [7, 11) is 0. The number of nitrogens with one attached hydrogen (secondary N) is 1. The minimum Gasteiger partial charge on any atom is -0.303 e. The Morgan fingerprint density at radius 1 is 0.667 bits per heavy atom. The minimum atomic E-state index is -0.0687. The smallest absolute Gasteiger partial charge is 0.233 e. The summed E-state index contributed by atoms with van der Waals surface area (Å²) in [5, 5.41) is 0. The Bertz CT molecular complexity index is 352. The predicted molar refractivity (Wildman–Crippen MR) is 101 cm³/mol. The largest absolute Gasteiger partial charge is 0.303 e. The molecule has 0 radical (unpaired) electrons. The van der Waals surface area contributed by atoms with Crippen molar-refractivity contribution in [3.8, 4) is 0 Å². The zero-order chi connectivity index (χ0) is 17.7. The number of amides is 1. The molecule has 0 aliphatic rings. The zero-order valence-corrected chi connectivity index (χ0v) is 15.2. The number of allylic oxidation sites excluding steroid dienone is 4. The topological polar surface area (TPSA) is 72.2 Å².